The second-order valence-electron chi connectivity index (χ2n) is 7.94. The maximum atomic E-state index is 12.8. The van der Waals surface area contributed by atoms with E-state index in [0.717, 1.165) is 22.0 Å². The summed E-state index contributed by atoms with van der Waals surface area (Å²) in [5, 5.41) is 3.16. The summed E-state index contributed by atoms with van der Waals surface area (Å²) in [7, 11) is -3.39. The fourth-order valence-corrected chi connectivity index (χ4v) is 5.62. The number of carbonyl (C=O) groups excluding carboxylic acids is 1. The Labute approximate surface area is 188 Å². The molecule has 1 aliphatic heterocycles. The molecule has 2 aromatic carbocycles. The molecule has 1 aliphatic rings. The van der Waals surface area contributed by atoms with Crippen LogP contribution >= 0.6 is 15.9 Å². The first-order valence-corrected chi connectivity index (χ1v) is 12.8. The van der Waals surface area contributed by atoms with Gasteiger partial charge >= 0.3 is 0 Å². The Hall–Kier alpha value is -1.70. The van der Waals surface area contributed by atoms with Crippen molar-refractivity contribution >= 4 is 31.9 Å². The van der Waals surface area contributed by atoms with Gasteiger partial charge in [0.25, 0.3) is 0 Å². The van der Waals surface area contributed by atoms with E-state index in [-0.39, 0.29) is 23.6 Å². The number of nitrogens with zero attached hydrogens (tertiary/aromatic N) is 1. The van der Waals surface area contributed by atoms with Crippen LogP contribution in [0, 0.1) is 12.8 Å². The first-order chi connectivity index (χ1) is 14.3. The van der Waals surface area contributed by atoms with Gasteiger partial charge in [0.1, 0.15) is 0 Å². The van der Waals surface area contributed by atoms with E-state index in [4.69, 9.17) is 0 Å². The molecule has 2 aromatic rings. The van der Waals surface area contributed by atoms with Crippen molar-refractivity contribution in [2.75, 3.05) is 13.1 Å². The molecule has 0 aromatic heterocycles. The van der Waals surface area contributed by atoms with Crippen LogP contribution in [0.1, 0.15) is 48.9 Å². The van der Waals surface area contributed by atoms with Crippen molar-refractivity contribution in [3.63, 3.8) is 0 Å². The normalized spacial score (nSPS) is 16.9. The summed E-state index contributed by atoms with van der Waals surface area (Å²) >= 11 is 3.36. The first kappa shape index (κ1) is 23.0. The van der Waals surface area contributed by atoms with Crippen molar-refractivity contribution in [3.05, 3.63) is 69.7 Å². The Morgan fingerprint density at radius 1 is 1.10 bits per heavy atom. The van der Waals surface area contributed by atoms with Gasteiger partial charge in [0.05, 0.1) is 11.8 Å². The van der Waals surface area contributed by atoms with Crippen LogP contribution in [-0.2, 0) is 20.6 Å². The summed E-state index contributed by atoms with van der Waals surface area (Å²) < 4.78 is 28.0. The van der Waals surface area contributed by atoms with E-state index in [2.05, 4.69) is 52.4 Å². The van der Waals surface area contributed by atoms with E-state index in [0.29, 0.717) is 25.9 Å². The van der Waals surface area contributed by atoms with Crippen LogP contribution in [0.2, 0.25) is 0 Å². The van der Waals surface area contributed by atoms with Gasteiger partial charge in [-0.3, -0.25) is 4.79 Å². The fraction of sp³-hybridized carbons (Fsp3) is 0.435. The van der Waals surface area contributed by atoms with Crippen LogP contribution < -0.4 is 5.32 Å². The summed E-state index contributed by atoms with van der Waals surface area (Å²) in [6.07, 6.45) is 1.92. The van der Waals surface area contributed by atoms with Gasteiger partial charge in [0.2, 0.25) is 15.9 Å². The van der Waals surface area contributed by atoms with E-state index in [9.17, 15) is 13.2 Å². The Morgan fingerprint density at radius 3 is 2.27 bits per heavy atom. The molecule has 1 amide bonds. The number of nitrogens with one attached hydrogen (secondary N) is 1. The standard InChI is InChI=1S/C23H29BrN2O3S/c1-3-22(19-8-4-17(2)5-9-19)25-23(27)20-12-14-26(15-13-20)30(28,29)16-18-6-10-21(24)11-7-18/h4-11,20,22H,3,12-16H2,1-2H3,(H,25,27)/t22-/m0/s1. The number of hydrogen-bond donors (Lipinski definition) is 1. The highest BCUT2D eigenvalue weighted by atomic mass is 79.9. The summed E-state index contributed by atoms with van der Waals surface area (Å²) in [5.41, 5.74) is 3.06. The van der Waals surface area contributed by atoms with E-state index in [1.807, 2.05) is 31.2 Å². The van der Waals surface area contributed by atoms with E-state index in [1.165, 1.54) is 9.87 Å². The first-order valence-electron chi connectivity index (χ1n) is 10.4. The van der Waals surface area contributed by atoms with Crippen molar-refractivity contribution in [2.24, 2.45) is 5.92 Å². The SMILES string of the molecule is CC[C@H](NC(=O)C1CCN(S(=O)(=O)Cc2ccc(Br)cc2)CC1)c1ccc(C)cc1. The Balaban J connectivity index is 1.55. The monoisotopic (exact) mass is 492 g/mol. The number of aryl methyl sites for hydroxylation is 1. The highest BCUT2D eigenvalue weighted by Gasteiger charge is 2.31. The fourth-order valence-electron chi connectivity index (χ4n) is 3.79. The lowest BCUT2D eigenvalue weighted by Crippen LogP contribution is -2.44. The van der Waals surface area contributed by atoms with Crippen molar-refractivity contribution in [1.29, 1.82) is 0 Å². The van der Waals surface area contributed by atoms with Crippen molar-refractivity contribution in [2.45, 2.75) is 44.9 Å². The lowest BCUT2D eigenvalue weighted by atomic mass is 9.95. The van der Waals surface area contributed by atoms with Crippen LogP contribution in [0.15, 0.2) is 53.0 Å². The number of halogens is 1. The predicted molar refractivity (Wildman–Crippen MR) is 123 cm³/mol. The minimum absolute atomic E-state index is 0.0114. The molecular formula is C23H29BrN2O3S. The molecule has 0 radical (unpaired) electrons. The average molecular weight is 493 g/mol. The zero-order valence-electron chi connectivity index (χ0n) is 17.5. The molecule has 1 atom stereocenters. The summed E-state index contributed by atoms with van der Waals surface area (Å²) in [4.78, 5) is 12.8. The number of benzene rings is 2. The Morgan fingerprint density at radius 2 is 1.70 bits per heavy atom. The maximum Gasteiger partial charge on any atom is 0.223 e. The van der Waals surface area contributed by atoms with Gasteiger partial charge in [-0.2, -0.15) is 0 Å². The van der Waals surface area contributed by atoms with Crippen LogP contribution in [0.3, 0.4) is 0 Å². The molecule has 1 fully saturated rings. The predicted octanol–water partition coefficient (Wildman–Crippen LogP) is 4.57. The molecule has 0 unspecified atom stereocenters. The summed E-state index contributed by atoms with van der Waals surface area (Å²) in [6.45, 7) is 4.88. The molecular weight excluding hydrogens is 464 g/mol. The molecule has 0 aliphatic carbocycles. The van der Waals surface area contributed by atoms with Gasteiger partial charge in [-0.1, -0.05) is 64.8 Å². The lowest BCUT2D eigenvalue weighted by molar-refractivity contribution is -0.126. The van der Waals surface area contributed by atoms with Crippen LogP contribution in [-0.4, -0.2) is 31.7 Å². The minimum atomic E-state index is -3.39. The van der Waals surface area contributed by atoms with E-state index in [1.54, 1.807) is 0 Å². The van der Waals surface area contributed by atoms with Gasteiger partial charge in [0.15, 0.2) is 0 Å². The van der Waals surface area contributed by atoms with Crippen molar-refractivity contribution in [3.8, 4) is 0 Å². The number of rotatable bonds is 7. The van der Waals surface area contributed by atoms with Crippen molar-refractivity contribution in [1.82, 2.24) is 9.62 Å². The zero-order chi connectivity index (χ0) is 21.7. The molecule has 30 heavy (non-hydrogen) atoms. The number of sulfonamides is 1. The molecule has 0 bridgehead atoms. The maximum absolute atomic E-state index is 12.8. The Kier molecular flexibility index (Phi) is 7.71. The largest absolute Gasteiger partial charge is 0.349 e. The highest BCUT2D eigenvalue weighted by Crippen LogP contribution is 2.24. The summed E-state index contributed by atoms with van der Waals surface area (Å²) in [6, 6.07) is 15.5. The quantitative estimate of drug-likeness (QED) is 0.615. The topological polar surface area (TPSA) is 66.5 Å². The lowest BCUT2D eigenvalue weighted by Gasteiger charge is -2.31. The molecule has 1 N–H and O–H groups in total. The second kappa shape index (κ2) is 10.1. The third-order valence-corrected chi connectivity index (χ3v) is 8.06. The molecule has 7 heteroatoms. The molecule has 0 spiro atoms. The number of carbonyl (C=O) groups is 1. The van der Waals surface area contributed by atoms with Crippen LogP contribution in [0.25, 0.3) is 0 Å². The van der Waals surface area contributed by atoms with E-state index < -0.39 is 10.0 Å². The van der Waals surface area contributed by atoms with Crippen LogP contribution in [0.5, 0.6) is 0 Å². The molecule has 1 saturated heterocycles. The van der Waals surface area contributed by atoms with Gasteiger partial charge in [0, 0.05) is 23.5 Å². The number of hydrogen-bond acceptors (Lipinski definition) is 3. The minimum Gasteiger partial charge on any atom is -0.349 e. The van der Waals surface area contributed by atoms with Gasteiger partial charge in [-0.05, 0) is 49.4 Å². The zero-order valence-corrected chi connectivity index (χ0v) is 19.9. The Bertz CT molecular complexity index is 951. The molecule has 5 nitrogen and oxygen atoms in total. The second-order valence-corrected chi connectivity index (χ2v) is 10.8. The summed E-state index contributed by atoms with van der Waals surface area (Å²) in [5.74, 6) is -0.140. The third-order valence-electron chi connectivity index (χ3n) is 5.68. The smallest absolute Gasteiger partial charge is 0.223 e. The highest BCUT2D eigenvalue weighted by molar-refractivity contribution is 9.10. The molecule has 162 valence electrons. The van der Waals surface area contributed by atoms with Crippen molar-refractivity contribution < 1.29 is 13.2 Å². The average Bonchev–Trinajstić information content (AvgIpc) is 2.74. The third kappa shape index (κ3) is 5.93. The molecule has 3 rings (SSSR count). The molecule has 1 heterocycles. The van der Waals surface area contributed by atoms with E-state index >= 15 is 0 Å². The van der Waals surface area contributed by atoms with Crippen LogP contribution in [0.4, 0.5) is 0 Å². The molecule has 0 saturated carbocycles. The van der Waals surface area contributed by atoms with Gasteiger partial charge in [-0.25, -0.2) is 12.7 Å². The van der Waals surface area contributed by atoms with Gasteiger partial charge < -0.3 is 5.32 Å². The number of amides is 1. The number of piperidine rings is 1. The van der Waals surface area contributed by atoms with Gasteiger partial charge in [-0.15, -0.1) is 0 Å².